The summed E-state index contributed by atoms with van der Waals surface area (Å²) < 4.78 is 1.76. The predicted octanol–water partition coefficient (Wildman–Crippen LogP) is 8.80. The van der Waals surface area contributed by atoms with Gasteiger partial charge in [0.2, 0.25) is 0 Å². The maximum Gasteiger partial charge on any atom is 0.337 e. The Labute approximate surface area is 290 Å². The highest BCUT2D eigenvalue weighted by Gasteiger charge is 2.14. The number of carbonyl (C=O) groups is 2. The topological polar surface area (TPSA) is 186 Å². The molecule has 13 heteroatoms. The molecule has 10 nitrogen and oxygen atoms in total. The van der Waals surface area contributed by atoms with E-state index in [1.54, 1.807) is 36.4 Å². The molecule has 4 aromatic carbocycles. The van der Waals surface area contributed by atoms with E-state index in [0.29, 0.717) is 38.7 Å². The molecule has 0 radical (unpaired) electrons. The van der Waals surface area contributed by atoms with Gasteiger partial charge in [0.1, 0.15) is 12.1 Å². The van der Waals surface area contributed by atoms with Crippen LogP contribution in [0.5, 0.6) is 0 Å². The summed E-state index contributed by atoms with van der Waals surface area (Å²) in [6.07, 6.45) is 2.96. The molecule has 0 unspecified atom stereocenters. The number of nitrogens with zero attached hydrogens (tertiary/aromatic N) is 4. The van der Waals surface area contributed by atoms with Crippen molar-refractivity contribution < 1.29 is 19.8 Å². The number of nitrogen functional groups attached to an aromatic ring is 1. The van der Waals surface area contributed by atoms with Crippen molar-refractivity contribution in [3.63, 3.8) is 0 Å². The summed E-state index contributed by atoms with van der Waals surface area (Å²) in [5.74, 6) is -2.02. The zero-order valence-corrected chi connectivity index (χ0v) is 27.9. The summed E-state index contributed by atoms with van der Waals surface area (Å²) in [4.78, 5) is 30.1. The van der Waals surface area contributed by atoms with Crippen LogP contribution in [0.25, 0.3) is 21.8 Å². The second kappa shape index (κ2) is 15.7. The fraction of sp³-hybridized carbons (Fsp3) is 0. The van der Waals surface area contributed by atoms with Gasteiger partial charge in [-0.3, -0.25) is 9.97 Å². The number of pyridine rings is 2. The molecule has 6 aromatic rings. The second-order valence-corrected chi connectivity index (χ2v) is 11.7. The van der Waals surface area contributed by atoms with E-state index in [1.807, 2.05) is 42.5 Å². The third kappa shape index (κ3) is 8.39. The largest absolute Gasteiger partial charge is 0.478 e. The number of hydrogen-bond donors (Lipinski definition) is 4. The maximum absolute atomic E-state index is 11.4. The number of aromatic nitrogens is 2. The highest BCUT2D eigenvalue weighted by atomic mass is 79.9. The van der Waals surface area contributed by atoms with Crippen molar-refractivity contribution >= 4 is 94.3 Å². The van der Waals surface area contributed by atoms with Crippen LogP contribution in [0.3, 0.4) is 0 Å². The van der Waals surface area contributed by atoms with Gasteiger partial charge >= 0.3 is 11.9 Å². The first-order chi connectivity index (χ1) is 22.5. The van der Waals surface area contributed by atoms with Crippen LogP contribution in [0, 0.1) is 22.7 Å². The first-order valence-corrected chi connectivity index (χ1v) is 15.3. The third-order valence-electron chi connectivity index (χ3n) is 6.44. The molecule has 0 saturated carbocycles. The first-order valence-electron chi connectivity index (χ1n) is 13.3. The summed E-state index contributed by atoms with van der Waals surface area (Å²) in [6.45, 7) is 0. The first kappa shape index (κ1) is 34.3. The highest BCUT2D eigenvalue weighted by molar-refractivity contribution is 9.10. The van der Waals surface area contributed by atoms with Gasteiger partial charge in [0, 0.05) is 37.8 Å². The predicted molar refractivity (Wildman–Crippen MR) is 188 cm³/mol. The molecule has 232 valence electrons. The lowest BCUT2D eigenvalue weighted by Gasteiger charge is -2.13. The van der Waals surface area contributed by atoms with Crippen LogP contribution in [0.2, 0.25) is 5.02 Å². The van der Waals surface area contributed by atoms with E-state index in [2.05, 4.69) is 53.2 Å². The minimum absolute atomic E-state index is 0.136. The minimum atomic E-state index is -1.04. The van der Waals surface area contributed by atoms with E-state index in [1.165, 1.54) is 24.5 Å². The molecule has 2 heterocycles. The van der Waals surface area contributed by atoms with Gasteiger partial charge in [0.05, 0.1) is 49.7 Å². The van der Waals surface area contributed by atoms with Crippen LogP contribution < -0.4 is 11.1 Å². The summed E-state index contributed by atoms with van der Waals surface area (Å²) in [7, 11) is 0. The molecular weight excluding hydrogens is 752 g/mol. The summed E-state index contributed by atoms with van der Waals surface area (Å²) in [5.41, 5.74) is 9.13. The van der Waals surface area contributed by atoms with Crippen LogP contribution in [0.15, 0.2) is 106 Å². The third-order valence-corrected chi connectivity index (χ3v) is 7.84. The number of rotatable bonds is 4. The highest BCUT2D eigenvalue weighted by Crippen LogP contribution is 2.32. The molecule has 0 aliphatic rings. The molecule has 6 rings (SSSR count). The van der Waals surface area contributed by atoms with Crippen LogP contribution in [0.1, 0.15) is 31.8 Å². The molecule has 0 bridgehead atoms. The molecule has 0 spiro atoms. The number of anilines is 3. The Kier molecular flexibility index (Phi) is 11.4. The molecule has 0 atom stereocenters. The van der Waals surface area contributed by atoms with Gasteiger partial charge in [-0.2, -0.15) is 10.5 Å². The Morgan fingerprint density at radius 3 is 1.81 bits per heavy atom. The standard InChI is InChI=1S/C17H10BrN3O2.C10H4BrClN2.C7H7NO2/c18-11-5-6-14-13(7-11)16(10(8-19)9-20-14)21-15-4-2-1-3-12(15)17(22)23;11-7-1-2-9-8(3-7)10(12)6(4-13)5-14-9;8-6-4-2-1-3-5(6)7(9)10/h1-7,9H,(H,20,21)(H,22,23);1-3,5H;1-4H,8H2,(H,9,10). The Bertz CT molecular complexity index is 2230. The number of halogens is 3. The molecule has 0 fully saturated rings. The molecule has 2 aromatic heterocycles. The van der Waals surface area contributed by atoms with Crippen molar-refractivity contribution in [1.82, 2.24) is 9.97 Å². The monoisotopic (exact) mass is 770 g/mol. The fourth-order valence-electron chi connectivity index (χ4n) is 4.20. The van der Waals surface area contributed by atoms with Crippen molar-refractivity contribution in [3.05, 3.63) is 134 Å². The Hall–Kier alpha value is -5.53. The number of hydrogen-bond acceptors (Lipinski definition) is 8. The summed E-state index contributed by atoms with van der Waals surface area (Å²) in [5, 5.41) is 41.0. The SMILES string of the molecule is N#Cc1cnc2ccc(Br)cc2c1Cl.N#Cc1cnc2ccc(Br)cc2c1Nc1ccccc1C(=O)O.Nc1ccccc1C(=O)O. The number of nitriles is 2. The quantitative estimate of drug-likeness (QED) is 0.126. The van der Waals surface area contributed by atoms with Gasteiger partial charge in [-0.05, 0) is 60.7 Å². The van der Waals surface area contributed by atoms with Crippen molar-refractivity contribution in [3.8, 4) is 12.1 Å². The molecule has 0 saturated heterocycles. The van der Waals surface area contributed by atoms with E-state index in [-0.39, 0.29) is 11.1 Å². The van der Waals surface area contributed by atoms with E-state index in [4.69, 9.17) is 27.7 Å². The van der Waals surface area contributed by atoms with Gasteiger partial charge in [0.15, 0.2) is 0 Å². The Morgan fingerprint density at radius 1 is 0.745 bits per heavy atom. The smallest absolute Gasteiger partial charge is 0.337 e. The molecular formula is C34H21Br2ClN6O4. The normalized spacial score (nSPS) is 9.98. The molecule has 0 aliphatic carbocycles. The second-order valence-electron chi connectivity index (χ2n) is 9.45. The van der Waals surface area contributed by atoms with Crippen molar-refractivity contribution in [2.24, 2.45) is 0 Å². The number of para-hydroxylation sites is 2. The van der Waals surface area contributed by atoms with Crippen molar-refractivity contribution in [2.45, 2.75) is 0 Å². The average Bonchev–Trinajstić information content (AvgIpc) is 3.06. The van der Waals surface area contributed by atoms with Gasteiger partial charge in [-0.25, -0.2) is 9.59 Å². The van der Waals surface area contributed by atoms with Crippen molar-refractivity contribution in [2.75, 3.05) is 11.1 Å². The minimum Gasteiger partial charge on any atom is -0.478 e. The number of fused-ring (bicyclic) bond motifs is 2. The lowest BCUT2D eigenvalue weighted by molar-refractivity contribution is 0.0687. The van der Waals surface area contributed by atoms with E-state index in [9.17, 15) is 20.0 Å². The number of carboxylic acid groups (broad SMARTS) is 2. The van der Waals surface area contributed by atoms with E-state index in [0.717, 1.165) is 25.2 Å². The summed E-state index contributed by atoms with van der Waals surface area (Å²) >= 11 is 12.8. The zero-order chi connectivity index (χ0) is 34.1. The number of carboxylic acids is 2. The van der Waals surface area contributed by atoms with E-state index >= 15 is 0 Å². The zero-order valence-electron chi connectivity index (χ0n) is 23.9. The molecule has 0 aliphatic heterocycles. The number of benzene rings is 4. The van der Waals surface area contributed by atoms with Crippen LogP contribution >= 0.6 is 43.5 Å². The van der Waals surface area contributed by atoms with Crippen molar-refractivity contribution in [1.29, 1.82) is 10.5 Å². The van der Waals surface area contributed by atoms with Gasteiger partial charge in [-0.15, -0.1) is 0 Å². The maximum atomic E-state index is 11.4. The molecule has 5 N–H and O–H groups in total. The summed E-state index contributed by atoms with van der Waals surface area (Å²) in [6, 6.07) is 28.1. The number of nitrogens with two attached hydrogens (primary N) is 1. The number of aromatic carboxylic acids is 2. The lowest BCUT2D eigenvalue weighted by Crippen LogP contribution is -2.04. The average molecular weight is 773 g/mol. The Balaban J connectivity index is 0.000000177. The van der Waals surface area contributed by atoms with Crippen LogP contribution in [-0.2, 0) is 0 Å². The van der Waals surface area contributed by atoms with Crippen LogP contribution in [-0.4, -0.2) is 32.1 Å². The Morgan fingerprint density at radius 2 is 1.26 bits per heavy atom. The molecule has 47 heavy (non-hydrogen) atoms. The lowest BCUT2D eigenvalue weighted by atomic mass is 10.1. The van der Waals surface area contributed by atoms with Gasteiger partial charge in [0.25, 0.3) is 0 Å². The fourth-order valence-corrected chi connectivity index (χ4v) is 5.16. The van der Waals surface area contributed by atoms with Gasteiger partial charge in [-0.1, -0.05) is 67.7 Å². The van der Waals surface area contributed by atoms with Crippen LogP contribution in [0.4, 0.5) is 17.1 Å². The molecule has 0 amide bonds. The van der Waals surface area contributed by atoms with Gasteiger partial charge < -0.3 is 21.3 Å². The van der Waals surface area contributed by atoms with E-state index < -0.39 is 11.9 Å². The number of nitrogens with one attached hydrogen (secondary N) is 1.